The van der Waals surface area contributed by atoms with Gasteiger partial charge in [0.15, 0.2) is 0 Å². The summed E-state index contributed by atoms with van der Waals surface area (Å²) >= 11 is 5.69. The molecule has 2 rings (SSSR count). The van der Waals surface area contributed by atoms with Crippen LogP contribution in [0.5, 0.6) is 0 Å². The number of carbonyl (C=O) groups excluding carboxylic acids is 1. The third-order valence-electron chi connectivity index (χ3n) is 2.82. The average Bonchev–Trinajstić information content (AvgIpc) is 2.72. The Labute approximate surface area is 108 Å². The first-order chi connectivity index (χ1) is 8.52. The number of likely N-dealkylation sites (tertiary alicyclic amines) is 1. The summed E-state index contributed by atoms with van der Waals surface area (Å²) in [5, 5.41) is 9.06. The number of rotatable bonds is 1. The van der Waals surface area contributed by atoms with Crippen molar-refractivity contribution in [1.29, 1.82) is 5.26 Å². The number of hydrogen-bond acceptors (Lipinski definition) is 2. The highest BCUT2D eigenvalue weighted by Crippen LogP contribution is 2.24. The van der Waals surface area contributed by atoms with Gasteiger partial charge in [-0.05, 0) is 18.2 Å². The molecule has 0 aliphatic carbocycles. The maximum Gasteiger partial charge on any atom is 0.258 e. The summed E-state index contributed by atoms with van der Waals surface area (Å²) in [6.45, 7) is -0.191. The number of benzene rings is 1. The van der Waals surface area contributed by atoms with Crippen LogP contribution in [-0.4, -0.2) is 29.6 Å². The summed E-state index contributed by atoms with van der Waals surface area (Å²) in [6.07, 6.45) is -1.29. The second kappa shape index (κ2) is 4.91. The van der Waals surface area contributed by atoms with Crippen LogP contribution in [0, 0.1) is 17.1 Å². The molecule has 0 saturated carbocycles. The van der Waals surface area contributed by atoms with Crippen LogP contribution in [0.15, 0.2) is 18.2 Å². The topological polar surface area (TPSA) is 44.1 Å². The second-order valence-corrected chi connectivity index (χ2v) is 4.50. The highest BCUT2D eigenvalue weighted by Gasteiger charge is 2.36. The number of carbonyl (C=O) groups is 1. The predicted molar refractivity (Wildman–Crippen MR) is 61.4 cm³/mol. The molecule has 1 aromatic carbocycles. The molecule has 1 saturated heterocycles. The Balaban J connectivity index is 2.31. The summed E-state index contributed by atoms with van der Waals surface area (Å²) in [7, 11) is 0. The first kappa shape index (κ1) is 12.8. The van der Waals surface area contributed by atoms with E-state index in [2.05, 4.69) is 0 Å². The number of halogens is 3. The van der Waals surface area contributed by atoms with Gasteiger partial charge < -0.3 is 4.90 Å². The van der Waals surface area contributed by atoms with Crippen molar-refractivity contribution < 1.29 is 13.6 Å². The van der Waals surface area contributed by atoms with Gasteiger partial charge in [0, 0.05) is 11.4 Å². The van der Waals surface area contributed by atoms with Crippen molar-refractivity contribution in [2.75, 3.05) is 6.54 Å². The fraction of sp³-hybridized carbons (Fsp3) is 0.333. The fourth-order valence-corrected chi connectivity index (χ4v) is 2.12. The lowest BCUT2D eigenvalue weighted by atomic mass is 10.1. The summed E-state index contributed by atoms with van der Waals surface area (Å²) in [4.78, 5) is 13.1. The largest absolute Gasteiger partial charge is 0.319 e. The van der Waals surface area contributed by atoms with Gasteiger partial charge >= 0.3 is 0 Å². The standard InChI is InChI=1S/C12H9ClF2N2O/c13-7-1-2-11(15)10(3-7)12(18)17-6-8(14)4-9(17)5-16/h1-3,8-9H,4,6H2. The second-order valence-electron chi connectivity index (χ2n) is 4.06. The maximum atomic E-state index is 13.5. The lowest BCUT2D eigenvalue weighted by Gasteiger charge is -2.19. The molecular formula is C12H9ClF2N2O. The summed E-state index contributed by atoms with van der Waals surface area (Å²) in [6, 6.07) is 4.55. The Morgan fingerprint density at radius 2 is 2.28 bits per heavy atom. The van der Waals surface area contributed by atoms with Crippen molar-refractivity contribution in [2.24, 2.45) is 0 Å². The molecule has 6 heteroatoms. The van der Waals surface area contributed by atoms with Crippen LogP contribution in [0.1, 0.15) is 16.8 Å². The number of amides is 1. The molecule has 18 heavy (non-hydrogen) atoms. The molecule has 0 N–H and O–H groups in total. The SMILES string of the molecule is N#CC1CC(F)CN1C(=O)c1cc(Cl)ccc1F. The first-order valence-electron chi connectivity index (χ1n) is 5.32. The molecule has 0 bridgehead atoms. The number of nitrogens with zero attached hydrogens (tertiary/aromatic N) is 2. The Hall–Kier alpha value is -1.67. The summed E-state index contributed by atoms with van der Waals surface area (Å²) < 4.78 is 26.7. The zero-order valence-corrected chi connectivity index (χ0v) is 9.99. The van der Waals surface area contributed by atoms with Crippen molar-refractivity contribution in [3.8, 4) is 6.07 Å². The highest BCUT2D eigenvalue weighted by atomic mass is 35.5. The molecule has 0 aromatic heterocycles. The van der Waals surface area contributed by atoms with E-state index in [-0.39, 0.29) is 23.6 Å². The summed E-state index contributed by atoms with van der Waals surface area (Å²) in [5.74, 6) is -1.44. The van der Waals surface area contributed by atoms with E-state index in [1.807, 2.05) is 6.07 Å². The fourth-order valence-electron chi connectivity index (χ4n) is 1.95. The zero-order chi connectivity index (χ0) is 13.3. The van der Waals surface area contributed by atoms with Gasteiger partial charge in [0.05, 0.1) is 18.2 Å². The van der Waals surface area contributed by atoms with Crippen molar-refractivity contribution >= 4 is 17.5 Å². The average molecular weight is 271 g/mol. The van der Waals surface area contributed by atoms with Crippen LogP contribution in [0.4, 0.5) is 8.78 Å². The minimum absolute atomic E-state index is 0.0373. The molecule has 1 aliphatic rings. The molecule has 3 nitrogen and oxygen atoms in total. The zero-order valence-electron chi connectivity index (χ0n) is 9.24. The monoisotopic (exact) mass is 270 g/mol. The van der Waals surface area contributed by atoms with Crippen LogP contribution in [0.25, 0.3) is 0 Å². The molecule has 1 aromatic rings. The van der Waals surface area contributed by atoms with Crippen molar-refractivity contribution in [3.05, 3.63) is 34.6 Å². The molecular weight excluding hydrogens is 262 g/mol. The van der Waals surface area contributed by atoms with E-state index < -0.39 is 23.9 Å². The van der Waals surface area contributed by atoms with Gasteiger partial charge in [0.25, 0.3) is 5.91 Å². The molecule has 94 valence electrons. The quantitative estimate of drug-likeness (QED) is 0.787. The molecule has 1 aliphatic heterocycles. The smallest absolute Gasteiger partial charge is 0.258 e. The van der Waals surface area contributed by atoms with Gasteiger partial charge in [0.2, 0.25) is 0 Å². The molecule has 2 atom stereocenters. The van der Waals surface area contributed by atoms with Gasteiger partial charge in [-0.3, -0.25) is 4.79 Å². The highest BCUT2D eigenvalue weighted by molar-refractivity contribution is 6.31. The molecule has 1 heterocycles. The van der Waals surface area contributed by atoms with Gasteiger partial charge in [-0.25, -0.2) is 8.78 Å². The number of hydrogen-bond donors (Lipinski definition) is 0. The normalized spacial score (nSPS) is 22.9. The van der Waals surface area contributed by atoms with Crippen LogP contribution >= 0.6 is 11.6 Å². The van der Waals surface area contributed by atoms with E-state index >= 15 is 0 Å². The first-order valence-corrected chi connectivity index (χ1v) is 5.70. The minimum Gasteiger partial charge on any atom is -0.319 e. The number of alkyl halides is 1. The van der Waals surface area contributed by atoms with E-state index in [1.54, 1.807) is 0 Å². The van der Waals surface area contributed by atoms with Crippen LogP contribution in [0.3, 0.4) is 0 Å². The molecule has 1 amide bonds. The van der Waals surface area contributed by atoms with E-state index in [0.29, 0.717) is 0 Å². The minimum atomic E-state index is -1.25. The van der Waals surface area contributed by atoms with E-state index in [1.165, 1.54) is 12.1 Å². The van der Waals surface area contributed by atoms with E-state index in [0.717, 1.165) is 11.0 Å². The Morgan fingerprint density at radius 1 is 1.56 bits per heavy atom. The van der Waals surface area contributed by atoms with Gasteiger partial charge in [-0.1, -0.05) is 11.6 Å². The third-order valence-corrected chi connectivity index (χ3v) is 3.05. The van der Waals surface area contributed by atoms with Crippen LogP contribution < -0.4 is 0 Å². The number of nitriles is 1. The predicted octanol–water partition coefficient (Wildman–Crippen LogP) is 2.56. The van der Waals surface area contributed by atoms with E-state index in [4.69, 9.17) is 16.9 Å². The van der Waals surface area contributed by atoms with Crippen molar-refractivity contribution in [1.82, 2.24) is 4.90 Å². The third kappa shape index (κ3) is 2.29. The van der Waals surface area contributed by atoms with Gasteiger partial charge in [0.1, 0.15) is 18.0 Å². The van der Waals surface area contributed by atoms with Crippen LogP contribution in [0.2, 0.25) is 5.02 Å². The summed E-state index contributed by atoms with van der Waals surface area (Å²) in [5.41, 5.74) is -0.239. The molecule has 2 unspecified atom stereocenters. The van der Waals surface area contributed by atoms with Crippen molar-refractivity contribution in [2.45, 2.75) is 18.6 Å². The molecule has 0 spiro atoms. The lowest BCUT2D eigenvalue weighted by Crippen LogP contribution is -2.35. The van der Waals surface area contributed by atoms with E-state index in [9.17, 15) is 13.6 Å². The maximum absolute atomic E-state index is 13.5. The lowest BCUT2D eigenvalue weighted by molar-refractivity contribution is 0.0751. The molecule has 1 fully saturated rings. The van der Waals surface area contributed by atoms with Crippen molar-refractivity contribution in [3.63, 3.8) is 0 Å². The Bertz CT molecular complexity index is 529. The van der Waals surface area contributed by atoms with Gasteiger partial charge in [-0.2, -0.15) is 5.26 Å². The molecule has 0 radical (unpaired) electrons. The Kier molecular flexibility index (Phi) is 3.48. The Morgan fingerprint density at radius 3 is 2.94 bits per heavy atom. The van der Waals surface area contributed by atoms with Crippen LogP contribution in [-0.2, 0) is 0 Å². The van der Waals surface area contributed by atoms with Gasteiger partial charge in [-0.15, -0.1) is 0 Å².